The van der Waals surface area contributed by atoms with Crippen LogP contribution < -0.4 is 10.9 Å². The van der Waals surface area contributed by atoms with E-state index in [-0.39, 0.29) is 23.7 Å². The second-order valence-electron chi connectivity index (χ2n) is 9.46. The number of H-pyrrole nitrogens is 1. The van der Waals surface area contributed by atoms with Crippen LogP contribution >= 0.6 is 0 Å². The first-order valence-electron chi connectivity index (χ1n) is 12.2. The molecule has 0 spiro atoms. The van der Waals surface area contributed by atoms with Crippen molar-refractivity contribution in [2.75, 3.05) is 18.5 Å². The fourth-order valence-electron chi connectivity index (χ4n) is 4.97. The number of nitrogens with zero attached hydrogens (tertiary/aromatic N) is 4. The molecule has 4 aromatic rings. The van der Waals surface area contributed by atoms with Gasteiger partial charge < -0.3 is 15.0 Å². The van der Waals surface area contributed by atoms with E-state index in [4.69, 9.17) is 4.74 Å². The molecule has 37 heavy (non-hydrogen) atoms. The van der Waals surface area contributed by atoms with E-state index in [0.29, 0.717) is 48.8 Å². The van der Waals surface area contributed by atoms with E-state index in [2.05, 4.69) is 25.5 Å². The molecule has 0 bridgehead atoms. The van der Waals surface area contributed by atoms with E-state index in [1.807, 2.05) is 19.1 Å². The van der Waals surface area contributed by atoms with Gasteiger partial charge in [-0.2, -0.15) is 5.10 Å². The van der Waals surface area contributed by atoms with Crippen LogP contribution in [0.25, 0.3) is 10.8 Å². The first-order chi connectivity index (χ1) is 18.0. The number of ether oxygens (including phenoxy) is 1. The van der Waals surface area contributed by atoms with Crippen molar-refractivity contribution in [1.29, 1.82) is 0 Å². The summed E-state index contributed by atoms with van der Waals surface area (Å²) in [6.07, 6.45) is 1.23. The van der Waals surface area contributed by atoms with Crippen LogP contribution in [0.5, 0.6) is 0 Å². The number of rotatable bonds is 5. The zero-order chi connectivity index (χ0) is 25.5. The van der Waals surface area contributed by atoms with Gasteiger partial charge in [-0.3, -0.25) is 9.59 Å². The molecule has 0 radical (unpaired) electrons. The summed E-state index contributed by atoms with van der Waals surface area (Å²) in [7, 11) is 0. The third-order valence-electron chi connectivity index (χ3n) is 6.95. The van der Waals surface area contributed by atoms with Gasteiger partial charge in [0.2, 0.25) is 5.95 Å². The highest BCUT2D eigenvalue weighted by Gasteiger charge is 2.30. The molecule has 1 fully saturated rings. The van der Waals surface area contributed by atoms with Crippen molar-refractivity contribution in [2.45, 2.75) is 38.9 Å². The van der Waals surface area contributed by atoms with Crippen LogP contribution in [0.15, 0.2) is 47.3 Å². The first kappa shape index (κ1) is 23.2. The standard InChI is InChI=1S/C27H25FN6O3/c1-15-21-12-34(13-24(21)31-27(29-15)30-17-8-9-37-14-17)26(36)20-10-16(6-7-22(20)28)11-23-18-4-2-3-5-19(18)25(35)33-32-23/h2-7,10,17H,8-9,11-14H2,1H3,(H,33,35)(H,29,30,31). The number of hydrogen-bond donors (Lipinski definition) is 2. The number of amides is 1. The first-order valence-corrected chi connectivity index (χ1v) is 12.2. The Hall–Kier alpha value is -4.18. The molecule has 6 rings (SSSR count). The van der Waals surface area contributed by atoms with Crippen LogP contribution in [0.3, 0.4) is 0 Å². The van der Waals surface area contributed by atoms with Gasteiger partial charge in [0.15, 0.2) is 0 Å². The van der Waals surface area contributed by atoms with E-state index in [1.165, 1.54) is 6.07 Å². The molecule has 2 aromatic heterocycles. The minimum absolute atomic E-state index is 0.00824. The zero-order valence-corrected chi connectivity index (χ0v) is 20.3. The summed E-state index contributed by atoms with van der Waals surface area (Å²) in [6, 6.07) is 11.9. The molecule has 1 unspecified atom stereocenters. The number of aromatic amines is 1. The molecule has 0 aliphatic carbocycles. The van der Waals surface area contributed by atoms with Crippen LogP contribution in [-0.4, -0.2) is 50.2 Å². The lowest BCUT2D eigenvalue weighted by molar-refractivity contribution is 0.0745. The van der Waals surface area contributed by atoms with Crippen LogP contribution in [0.1, 0.15) is 45.0 Å². The quantitative estimate of drug-likeness (QED) is 0.433. The van der Waals surface area contributed by atoms with Gasteiger partial charge in [-0.1, -0.05) is 24.3 Å². The summed E-state index contributed by atoms with van der Waals surface area (Å²) in [5.74, 6) is -0.472. The van der Waals surface area contributed by atoms with Gasteiger partial charge in [0.25, 0.3) is 11.5 Å². The lowest BCUT2D eigenvalue weighted by Gasteiger charge is -2.16. The number of aryl methyl sites for hydroxylation is 1. The second-order valence-corrected chi connectivity index (χ2v) is 9.46. The zero-order valence-electron chi connectivity index (χ0n) is 20.3. The van der Waals surface area contributed by atoms with Crippen molar-refractivity contribution >= 4 is 22.6 Å². The molecule has 4 heterocycles. The van der Waals surface area contributed by atoms with Crippen molar-refractivity contribution < 1.29 is 13.9 Å². The summed E-state index contributed by atoms with van der Waals surface area (Å²) in [4.78, 5) is 36.3. The molecule has 188 valence electrons. The Morgan fingerprint density at radius 2 is 2.03 bits per heavy atom. The minimum atomic E-state index is -0.588. The van der Waals surface area contributed by atoms with Crippen LogP contribution in [-0.2, 0) is 24.2 Å². The lowest BCUT2D eigenvalue weighted by Crippen LogP contribution is -2.26. The number of carbonyl (C=O) groups is 1. The number of anilines is 1. The number of hydrogen-bond acceptors (Lipinski definition) is 7. The largest absolute Gasteiger partial charge is 0.379 e. The highest BCUT2D eigenvalue weighted by atomic mass is 19.1. The molecule has 0 saturated carbocycles. The molecule has 1 saturated heterocycles. The normalized spacial score (nSPS) is 16.8. The van der Waals surface area contributed by atoms with E-state index >= 15 is 0 Å². The Morgan fingerprint density at radius 1 is 1.19 bits per heavy atom. The molecule has 2 aliphatic heterocycles. The van der Waals surface area contributed by atoms with Crippen molar-refractivity contribution in [1.82, 2.24) is 25.1 Å². The third kappa shape index (κ3) is 4.44. The monoisotopic (exact) mass is 500 g/mol. The Bertz CT molecular complexity index is 1580. The van der Waals surface area contributed by atoms with Gasteiger partial charge in [-0.25, -0.2) is 19.5 Å². The van der Waals surface area contributed by atoms with Crippen LogP contribution in [0, 0.1) is 12.7 Å². The maximum absolute atomic E-state index is 14.9. The summed E-state index contributed by atoms with van der Waals surface area (Å²) in [5, 5.41) is 11.3. The van der Waals surface area contributed by atoms with E-state index in [9.17, 15) is 14.0 Å². The predicted octanol–water partition coefficient (Wildman–Crippen LogP) is 3.11. The van der Waals surface area contributed by atoms with Crippen molar-refractivity contribution in [3.05, 3.63) is 92.4 Å². The smallest absolute Gasteiger partial charge is 0.272 e. The molecule has 9 nitrogen and oxygen atoms in total. The van der Waals surface area contributed by atoms with Gasteiger partial charge in [0.05, 0.1) is 48.1 Å². The summed E-state index contributed by atoms with van der Waals surface area (Å²) >= 11 is 0. The molecular formula is C27H25FN6O3. The van der Waals surface area contributed by atoms with Gasteiger partial charge in [0, 0.05) is 29.7 Å². The van der Waals surface area contributed by atoms with E-state index in [1.54, 1.807) is 29.2 Å². The average Bonchev–Trinajstić information content (AvgIpc) is 3.57. The van der Waals surface area contributed by atoms with Gasteiger partial charge in [-0.05, 0) is 37.1 Å². The highest BCUT2D eigenvalue weighted by Crippen LogP contribution is 2.28. The van der Waals surface area contributed by atoms with Crippen LogP contribution in [0.2, 0.25) is 0 Å². The Balaban J connectivity index is 1.24. The Labute approximate surface area is 211 Å². The molecule has 2 aliphatic rings. The second kappa shape index (κ2) is 9.36. The lowest BCUT2D eigenvalue weighted by atomic mass is 10.0. The molecule has 10 heteroatoms. The van der Waals surface area contributed by atoms with Crippen LogP contribution in [0.4, 0.5) is 10.3 Å². The summed E-state index contributed by atoms with van der Waals surface area (Å²) in [5.41, 5.74) is 3.54. The fourth-order valence-corrected chi connectivity index (χ4v) is 4.97. The van der Waals surface area contributed by atoms with Gasteiger partial charge in [-0.15, -0.1) is 0 Å². The maximum atomic E-state index is 14.9. The van der Waals surface area contributed by atoms with Crippen molar-refractivity contribution in [3.8, 4) is 0 Å². The SMILES string of the molecule is Cc1nc(NC2CCOC2)nc2c1CN(C(=O)c1cc(Cc3n[nH]c(=O)c4ccccc34)ccc1F)C2. The number of fused-ring (bicyclic) bond motifs is 2. The van der Waals surface area contributed by atoms with Gasteiger partial charge in [0.1, 0.15) is 5.82 Å². The maximum Gasteiger partial charge on any atom is 0.272 e. The van der Waals surface area contributed by atoms with Crippen molar-refractivity contribution in [2.24, 2.45) is 0 Å². The number of aromatic nitrogens is 4. The third-order valence-corrected chi connectivity index (χ3v) is 6.95. The number of nitrogens with one attached hydrogen (secondary N) is 2. The summed E-state index contributed by atoms with van der Waals surface area (Å²) < 4.78 is 20.3. The van der Waals surface area contributed by atoms with E-state index in [0.717, 1.165) is 28.8 Å². The number of benzene rings is 2. The molecule has 1 amide bonds. The minimum Gasteiger partial charge on any atom is -0.379 e. The Morgan fingerprint density at radius 3 is 2.84 bits per heavy atom. The molecular weight excluding hydrogens is 475 g/mol. The fraction of sp³-hybridized carbons (Fsp3) is 0.296. The highest BCUT2D eigenvalue weighted by molar-refractivity contribution is 5.95. The topological polar surface area (TPSA) is 113 Å². The van der Waals surface area contributed by atoms with Gasteiger partial charge >= 0.3 is 0 Å². The number of carbonyl (C=O) groups excluding carboxylic acids is 1. The predicted molar refractivity (Wildman–Crippen MR) is 135 cm³/mol. The average molecular weight is 501 g/mol. The summed E-state index contributed by atoms with van der Waals surface area (Å²) in [6.45, 7) is 3.83. The molecule has 2 aromatic carbocycles. The molecule has 2 N–H and O–H groups in total. The molecule has 1 atom stereocenters. The Kier molecular flexibility index (Phi) is 5.88. The van der Waals surface area contributed by atoms with Crippen molar-refractivity contribution in [3.63, 3.8) is 0 Å². The van der Waals surface area contributed by atoms with E-state index < -0.39 is 11.7 Å². The number of halogens is 1.